The number of rotatable bonds is 8. The van der Waals surface area contributed by atoms with Gasteiger partial charge in [-0.1, -0.05) is 30.7 Å². The van der Waals surface area contributed by atoms with E-state index in [1.165, 1.54) is 0 Å². The number of ketones is 1. The molecule has 35 heavy (non-hydrogen) atoms. The van der Waals surface area contributed by atoms with Crippen molar-refractivity contribution in [1.29, 1.82) is 0 Å². The molecule has 0 aliphatic carbocycles. The maximum Gasteiger partial charge on any atom is 0.295 e. The number of hydrogen-bond acceptors (Lipinski definition) is 6. The van der Waals surface area contributed by atoms with Gasteiger partial charge in [-0.3, -0.25) is 14.5 Å². The van der Waals surface area contributed by atoms with Crippen LogP contribution in [-0.4, -0.2) is 72.6 Å². The Balaban J connectivity index is 1.71. The maximum absolute atomic E-state index is 13.3. The Kier molecular flexibility index (Phi) is 8.11. The van der Waals surface area contributed by atoms with Crippen LogP contribution in [0.5, 0.6) is 5.75 Å². The van der Waals surface area contributed by atoms with Gasteiger partial charge in [-0.15, -0.1) is 0 Å². The number of halogens is 1. The fourth-order valence-corrected chi connectivity index (χ4v) is 4.66. The number of aliphatic hydroxyl groups excluding tert-OH is 1. The molecule has 1 N–H and O–H groups in total. The summed E-state index contributed by atoms with van der Waals surface area (Å²) in [7, 11) is 0. The molecule has 0 radical (unpaired) electrons. The number of nitrogens with zero attached hydrogens (tertiary/aromatic N) is 2. The molecule has 2 heterocycles. The van der Waals surface area contributed by atoms with E-state index in [0.29, 0.717) is 49.2 Å². The summed E-state index contributed by atoms with van der Waals surface area (Å²) in [6.07, 6.45) is 0.885. The number of aryl methyl sites for hydroxylation is 1. The second-order valence-corrected chi connectivity index (χ2v) is 9.26. The van der Waals surface area contributed by atoms with Gasteiger partial charge in [0.25, 0.3) is 11.7 Å². The number of benzene rings is 2. The molecule has 1 atom stereocenters. The average molecular weight is 499 g/mol. The smallest absolute Gasteiger partial charge is 0.295 e. The molecule has 2 saturated heterocycles. The zero-order chi connectivity index (χ0) is 24.9. The van der Waals surface area contributed by atoms with Gasteiger partial charge in [0.1, 0.15) is 11.5 Å². The molecule has 1 amide bonds. The lowest BCUT2D eigenvalue weighted by molar-refractivity contribution is -0.140. The summed E-state index contributed by atoms with van der Waals surface area (Å²) < 4.78 is 11.1. The van der Waals surface area contributed by atoms with E-state index in [2.05, 4.69) is 4.90 Å². The Hall–Kier alpha value is -2.87. The van der Waals surface area contributed by atoms with Gasteiger partial charge < -0.3 is 19.5 Å². The van der Waals surface area contributed by atoms with Gasteiger partial charge in [-0.2, -0.15) is 0 Å². The van der Waals surface area contributed by atoms with E-state index in [-0.39, 0.29) is 11.3 Å². The number of carbonyl (C=O) groups is 2. The third-order valence-corrected chi connectivity index (χ3v) is 6.66. The van der Waals surface area contributed by atoms with Crippen molar-refractivity contribution in [1.82, 2.24) is 9.80 Å². The van der Waals surface area contributed by atoms with Gasteiger partial charge in [0.2, 0.25) is 0 Å². The highest BCUT2D eigenvalue weighted by Gasteiger charge is 2.46. The molecule has 2 aromatic carbocycles. The number of likely N-dealkylation sites (tertiary alicyclic amines) is 1. The van der Waals surface area contributed by atoms with Crippen molar-refractivity contribution >= 4 is 29.1 Å². The van der Waals surface area contributed by atoms with E-state index < -0.39 is 17.7 Å². The fraction of sp³-hybridized carbons (Fsp3) is 0.407. The maximum atomic E-state index is 13.3. The van der Waals surface area contributed by atoms with E-state index in [1.54, 1.807) is 41.3 Å². The van der Waals surface area contributed by atoms with Gasteiger partial charge in [0.05, 0.1) is 31.4 Å². The lowest BCUT2D eigenvalue weighted by Crippen LogP contribution is -2.42. The molecular formula is C27H31ClN2O5. The van der Waals surface area contributed by atoms with Crippen molar-refractivity contribution in [3.63, 3.8) is 0 Å². The Bertz CT molecular complexity index is 1110. The first kappa shape index (κ1) is 25.2. The number of aliphatic hydroxyl groups is 1. The van der Waals surface area contributed by atoms with Crippen molar-refractivity contribution in [2.45, 2.75) is 26.3 Å². The fourth-order valence-electron chi connectivity index (χ4n) is 4.53. The third kappa shape index (κ3) is 5.53. The predicted octanol–water partition coefficient (Wildman–Crippen LogP) is 4.19. The topological polar surface area (TPSA) is 79.3 Å². The van der Waals surface area contributed by atoms with Crippen LogP contribution in [0.15, 0.2) is 48.0 Å². The van der Waals surface area contributed by atoms with Gasteiger partial charge in [0, 0.05) is 36.8 Å². The second-order valence-electron chi connectivity index (χ2n) is 8.82. The SMILES string of the molecule is CCCOc1ccc(C(O)=C2C(=O)C(=O)N(CCN3CCOCC3)[C@@H]2c2ccc(Cl)cc2)c(C)c1. The lowest BCUT2D eigenvalue weighted by atomic mass is 9.94. The first-order chi connectivity index (χ1) is 16.9. The van der Waals surface area contributed by atoms with E-state index >= 15 is 0 Å². The lowest BCUT2D eigenvalue weighted by Gasteiger charge is -2.31. The molecule has 2 aliphatic rings. The van der Waals surface area contributed by atoms with Crippen molar-refractivity contribution in [2.75, 3.05) is 46.0 Å². The molecular weight excluding hydrogens is 468 g/mol. The van der Waals surface area contributed by atoms with E-state index in [9.17, 15) is 14.7 Å². The first-order valence-electron chi connectivity index (χ1n) is 12.0. The first-order valence-corrected chi connectivity index (χ1v) is 12.4. The molecule has 186 valence electrons. The molecule has 0 saturated carbocycles. The van der Waals surface area contributed by atoms with Gasteiger partial charge in [-0.05, 0) is 54.8 Å². The summed E-state index contributed by atoms with van der Waals surface area (Å²) in [5.41, 5.74) is 2.06. The zero-order valence-electron chi connectivity index (χ0n) is 20.1. The highest BCUT2D eigenvalue weighted by atomic mass is 35.5. The van der Waals surface area contributed by atoms with E-state index in [1.807, 2.05) is 19.9 Å². The van der Waals surface area contributed by atoms with Gasteiger partial charge in [-0.25, -0.2) is 0 Å². The molecule has 2 aromatic rings. The third-order valence-electron chi connectivity index (χ3n) is 6.41. The molecule has 2 aliphatic heterocycles. The van der Waals surface area contributed by atoms with Crippen molar-refractivity contribution in [3.05, 3.63) is 69.8 Å². The van der Waals surface area contributed by atoms with Crippen LogP contribution in [-0.2, 0) is 14.3 Å². The minimum atomic E-state index is -0.705. The van der Waals surface area contributed by atoms with Gasteiger partial charge >= 0.3 is 0 Å². The van der Waals surface area contributed by atoms with Crippen molar-refractivity contribution in [2.24, 2.45) is 0 Å². The molecule has 7 nitrogen and oxygen atoms in total. The van der Waals surface area contributed by atoms with Crippen molar-refractivity contribution < 1.29 is 24.2 Å². The second kappa shape index (κ2) is 11.2. The normalized spacial score (nSPS) is 20.4. The Morgan fingerprint density at radius 1 is 1.11 bits per heavy atom. The molecule has 0 unspecified atom stereocenters. The Morgan fingerprint density at radius 3 is 2.49 bits per heavy atom. The number of hydrogen-bond donors (Lipinski definition) is 1. The van der Waals surface area contributed by atoms with Crippen LogP contribution in [0, 0.1) is 6.92 Å². The Labute approximate surface area is 210 Å². The van der Waals surface area contributed by atoms with Crippen LogP contribution in [0.2, 0.25) is 5.02 Å². The highest BCUT2D eigenvalue weighted by Crippen LogP contribution is 2.40. The quantitative estimate of drug-likeness (QED) is 0.334. The predicted molar refractivity (Wildman–Crippen MR) is 135 cm³/mol. The zero-order valence-corrected chi connectivity index (χ0v) is 20.9. The van der Waals surface area contributed by atoms with E-state index in [4.69, 9.17) is 21.1 Å². The monoisotopic (exact) mass is 498 g/mol. The molecule has 8 heteroatoms. The summed E-state index contributed by atoms with van der Waals surface area (Å²) in [6, 6.07) is 11.7. The number of ether oxygens (including phenoxy) is 2. The van der Waals surface area contributed by atoms with Crippen LogP contribution >= 0.6 is 11.6 Å². The van der Waals surface area contributed by atoms with Crippen LogP contribution in [0.3, 0.4) is 0 Å². The highest BCUT2D eigenvalue weighted by molar-refractivity contribution is 6.46. The van der Waals surface area contributed by atoms with Crippen LogP contribution in [0.4, 0.5) is 0 Å². The van der Waals surface area contributed by atoms with Crippen LogP contribution < -0.4 is 4.74 Å². The number of carbonyl (C=O) groups excluding carboxylic acids is 2. The number of Topliss-reactive ketones (excluding diaryl/α,β-unsaturated/α-hetero) is 1. The molecule has 0 bridgehead atoms. The standard InChI is InChI=1S/C27H31ClN2O5/c1-3-14-35-21-8-9-22(18(2)17-21)25(31)23-24(19-4-6-20(28)7-5-19)30(27(33)26(23)32)11-10-29-12-15-34-16-13-29/h4-9,17,24,31H,3,10-16H2,1-2H3/t24-/m1/s1. The van der Waals surface area contributed by atoms with E-state index in [0.717, 1.165) is 30.6 Å². The van der Waals surface area contributed by atoms with Crippen LogP contribution in [0.1, 0.15) is 36.1 Å². The van der Waals surface area contributed by atoms with Crippen molar-refractivity contribution in [3.8, 4) is 5.75 Å². The minimum absolute atomic E-state index is 0.0876. The summed E-state index contributed by atoms with van der Waals surface area (Å²) in [4.78, 5) is 30.2. The largest absolute Gasteiger partial charge is 0.507 e. The average Bonchev–Trinajstić information content (AvgIpc) is 3.12. The summed E-state index contributed by atoms with van der Waals surface area (Å²) in [6.45, 7) is 8.30. The summed E-state index contributed by atoms with van der Waals surface area (Å²) >= 11 is 6.10. The number of morpholine rings is 1. The summed E-state index contributed by atoms with van der Waals surface area (Å²) in [5, 5.41) is 11.9. The van der Waals surface area contributed by atoms with Gasteiger partial charge in [0.15, 0.2) is 0 Å². The molecule has 0 spiro atoms. The Morgan fingerprint density at radius 2 is 1.83 bits per heavy atom. The number of amides is 1. The molecule has 4 rings (SSSR count). The summed E-state index contributed by atoms with van der Waals surface area (Å²) in [5.74, 6) is -0.784. The molecule has 0 aromatic heterocycles. The minimum Gasteiger partial charge on any atom is -0.507 e. The van der Waals surface area contributed by atoms with Crippen LogP contribution in [0.25, 0.3) is 5.76 Å². The molecule has 2 fully saturated rings.